The molecule has 8 heteroatoms. The fourth-order valence-electron chi connectivity index (χ4n) is 3.79. The predicted octanol–water partition coefficient (Wildman–Crippen LogP) is 3.75. The van der Waals surface area contributed by atoms with E-state index in [4.69, 9.17) is 4.74 Å². The molecule has 4 rings (SSSR count). The van der Waals surface area contributed by atoms with Gasteiger partial charge in [-0.05, 0) is 29.9 Å². The molecule has 30 heavy (non-hydrogen) atoms. The minimum Gasteiger partial charge on any atom is -0.367 e. The van der Waals surface area contributed by atoms with Gasteiger partial charge in [-0.3, -0.25) is 9.59 Å². The zero-order valence-corrected chi connectivity index (χ0v) is 17.5. The van der Waals surface area contributed by atoms with Crippen molar-refractivity contribution in [1.29, 1.82) is 0 Å². The summed E-state index contributed by atoms with van der Waals surface area (Å²) >= 11 is 1.47. The van der Waals surface area contributed by atoms with Gasteiger partial charge in [0.2, 0.25) is 0 Å². The third kappa shape index (κ3) is 4.29. The van der Waals surface area contributed by atoms with Gasteiger partial charge in [0.25, 0.3) is 11.8 Å². The molecule has 1 aliphatic heterocycles. The van der Waals surface area contributed by atoms with E-state index in [0.717, 1.165) is 23.3 Å². The van der Waals surface area contributed by atoms with Crippen LogP contribution in [0.3, 0.4) is 0 Å². The van der Waals surface area contributed by atoms with Gasteiger partial charge < -0.3 is 15.0 Å². The van der Waals surface area contributed by atoms with Gasteiger partial charge in [0.05, 0.1) is 17.1 Å². The number of rotatable bonds is 6. The molecule has 2 amide bonds. The fraction of sp³-hybridized carbons (Fsp3) is 0.318. The lowest BCUT2D eigenvalue weighted by molar-refractivity contribution is -0.126. The molecular formula is C22H24N4O3S. The maximum Gasteiger partial charge on any atom is 0.263 e. The summed E-state index contributed by atoms with van der Waals surface area (Å²) in [5.74, 6) is 0.486. The number of nitrogens with zero attached hydrogens (tertiary/aromatic N) is 3. The second-order valence-electron chi connectivity index (χ2n) is 7.18. The summed E-state index contributed by atoms with van der Waals surface area (Å²) in [6, 6.07) is 15.1. The highest BCUT2D eigenvalue weighted by atomic mass is 32.1. The number of aromatic nitrogens is 2. The first-order chi connectivity index (χ1) is 14.7. The number of thiophene rings is 1. The van der Waals surface area contributed by atoms with Crippen molar-refractivity contribution in [3.63, 3.8) is 0 Å². The molecule has 0 radical (unpaired) electrons. The molecule has 0 unspecified atom stereocenters. The van der Waals surface area contributed by atoms with Crippen LogP contribution in [0.15, 0.2) is 60.1 Å². The summed E-state index contributed by atoms with van der Waals surface area (Å²) in [6.45, 7) is 1.33. The fourth-order valence-corrected chi connectivity index (χ4v) is 4.48. The summed E-state index contributed by atoms with van der Waals surface area (Å²) < 4.78 is 7.27. The van der Waals surface area contributed by atoms with E-state index in [1.54, 1.807) is 12.3 Å². The Balaban J connectivity index is 1.40. The van der Waals surface area contributed by atoms with E-state index in [0.29, 0.717) is 18.9 Å². The first-order valence-corrected chi connectivity index (χ1v) is 10.8. The molecule has 3 heterocycles. The van der Waals surface area contributed by atoms with Crippen LogP contribution < -0.4 is 5.32 Å². The summed E-state index contributed by atoms with van der Waals surface area (Å²) in [6.07, 6.45) is 2.56. The number of ether oxygens (including phenoxy) is 1. The predicted molar refractivity (Wildman–Crippen MR) is 116 cm³/mol. The van der Waals surface area contributed by atoms with Gasteiger partial charge in [-0.15, -0.1) is 11.3 Å². The molecule has 1 aromatic carbocycles. The Morgan fingerprint density at radius 1 is 1.13 bits per heavy atom. The Bertz CT molecular complexity index is 979. The number of likely N-dealkylation sites (tertiary alicyclic amines) is 1. The van der Waals surface area contributed by atoms with Crippen molar-refractivity contribution in [3.8, 4) is 0 Å². The highest BCUT2D eigenvalue weighted by molar-refractivity contribution is 7.12. The van der Waals surface area contributed by atoms with E-state index in [1.165, 1.54) is 18.4 Å². The zero-order chi connectivity index (χ0) is 20.9. The number of methoxy groups -OCH3 is 1. The Morgan fingerprint density at radius 2 is 1.90 bits per heavy atom. The van der Waals surface area contributed by atoms with Gasteiger partial charge >= 0.3 is 0 Å². The van der Waals surface area contributed by atoms with Crippen molar-refractivity contribution < 1.29 is 14.3 Å². The number of benzene rings is 1. The van der Waals surface area contributed by atoms with E-state index in [-0.39, 0.29) is 17.9 Å². The largest absolute Gasteiger partial charge is 0.367 e. The number of nitrogens with one attached hydrogen (secondary N) is 1. The number of anilines is 1. The van der Waals surface area contributed by atoms with Crippen molar-refractivity contribution in [2.24, 2.45) is 0 Å². The number of amides is 2. The molecule has 1 atom stereocenters. The van der Waals surface area contributed by atoms with Crippen molar-refractivity contribution in [1.82, 2.24) is 14.7 Å². The average Bonchev–Trinajstić information content (AvgIpc) is 3.47. The van der Waals surface area contributed by atoms with E-state index >= 15 is 0 Å². The van der Waals surface area contributed by atoms with Crippen molar-refractivity contribution in [2.75, 3.05) is 25.5 Å². The lowest BCUT2D eigenvalue weighted by Gasteiger charge is -2.32. The molecule has 0 saturated carbocycles. The van der Waals surface area contributed by atoms with E-state index in [2.05, 4.69) is 10.4 Å². The first kappa shape index (κ1) is 20.3. The standard InChI is InChI=1S/C22H24N4O3S/c1-29-20(16-6-3-2-4-7-16)21(27)24-19-9-12-23-26(19)17-10-13-25(14-11-17)22(28)18-8-5-15-30-18/h2-9,12,15,17,20H,10-11,13-14H2,1H3,(H,24,27)/t20-/m0/s1. The number of carbonyl (C=O) groups excluding carboxylic acids is 2. The van der Waals surface area contributed by atoms with Gasteiger partial charge in [-0.2, -0.15) is 5.10 Å². The average molecular weight is 425 g/mol. The lowest BCUT2D eigenvalue weighted by atomic mass is 10.0. The molecule has 3 aromatic rings. The van der Waals surface area contributed by atoms with Crippen LogP contribution in [0.2, 0.25) is 0 Å². The van der Waals surface area contributed by atoms with Gasteiger partial charge in [0.1, 0.15) is 5.82 Å². The van der Waals surface area contributed by atoms with Gasteiger partial charge in [-0.25, -0.2) is 4.68 Å². The topological polar surface area (TPSA) is 76.5 Å². The second-order valence-corrected chi connectivity index (χ2v) is 8.13. The van der Waals surface area contributed by atoms with Gasteiger partial charge in [0, 0.05) is 26.3 Å². The van der Waals surface area contributed by atoms with Crippen LogP contribution in [-0.2, 0) is 9.53 Å². The Morgan fingerprint density at radius 3 is 2.57 bits per heavy atom. The summed E-state index contributed by atoms with van der Waals surface area (Å²) in [5, 5.41) is 9.30. The van der Waals surface area contributed by atoms with Crippen LogP contribution in [0.1, 0.15) is 40.2 Å². The molecule has 0 spiro atoms. The van der Waals surface area contributed by atoms with E-state index < -0.39 is 6.10 Å². The summed E-state index contributed by atoms with van der Waals surface area (Å²) in [4.78, 5) is 28.0. The lowest BCUT2D eigenvalue weighted by Crippen LogP contribution is -2.39. The Labute approximate surface area is 179 Å². The normalized spacial score (nSPS) is 15.7. The molecule has 1 N–H and O–H groups in total. The molecular weight excluding hydrogens is 400 g/mol. The Hall–Kier alpha value is -2.97. The van der Waals surface area contributed by atoms with E-state index in [1.807, 2.05) is 57.4 Å². The van der Waals surface area contributed by atoms with Crippen LogP contribution in [0.4, 0.5) is 5.82 Å². The third-order valence-corrected chi connectivity index (χ3v) is 6.19. The summed E-state index contributed by atoms with van der Waals surface area (Å²) in [7, 11) is 1.52. The molecule has 0 aliphatic carbocycles. The number of hydrogen-bond acceptors (Lipinski definition) is 5. The minimum absolute atomic E-state index is 0.0863. The number of piperidine rings is 1. The van der Waals surface area contributed by atoms with Crippen LogP contribution >= 0.6 is 11.3 Å². The first-order valence-electron chi connectivity index (χ1n) is 9.92. The second kappa shape index (κ2) is 9.23. The van der Waals surface area contributed by atoms with Crippen LogP contribution in [0, 0.1) is 0 Å². The van der Waals surface area contributed by atoms with Crippen LogP contribution in [0.5, 0.6) is 0 Å². The highest BCUT2D eigenvalue weighted by Gasteiger charge is 2.28. The number of hydrogen-bond donors (Lipinski definition) is 1. The molecule has 0 bridgehead atoms. The molecule has 2 aromatic heterocycles. The minimum atomic E-state index is -0.695. The molecule has 1 saturated heterocycles. The monoisotopic (exact) mass is 424 g/mol. The van der Waals surface area contributed by atoms with Crippen molar-refractivity contribution in [2.45, 2.75) is 25.0 Å². The van der Waals surface area contributed by atoms with Crippen molar-refractivity contribution in [3.05, 3.63) is 70.5 Å². The molecule has 7 nitrogen and oxygen atoms in total. The summed E-state index contributed by atoms with van der Waals surface area (Å²) in [5.41, 5.74) is 0.795. The SMILES string of the molecule is CO[C@H](C(=O)Nc1ccnn1C1CCN(C(=O)c2cccs2)CC1)c1ccccc1. The molecule has 156 valence electrons. The van der Waals surface area contributed by atoms with Gasteiger partial charge in [0.15, 0.2) is 6.10 Å². The Kier molecular flexibility index (Phi) is 6.25. The number of carbonyl (C=O) groups is 2. The molecule has 1 aliphatic rings. The highest BCUT2D eigenvalue weighted by Crippen LogP contribution is 2.27. The van der Waals surface area contributed by atoms with Crippen LogP contribution in [0.25, 0.3) is 0 Å². The maximum atomic E-state index is 12.8. The smallest absolute Gasteiger partial charge is 0.263 e. The third-order valence-electron chi connectivity index (χ3n) is 5.33. The van der Waals surface area contributed by atoms with E-state index in [9.17, 15) is 9.59 Å². The quantitative estimate of drug-likeness (QED) is 0.654. The molecule has 1 fully saturated rings. The zero-order valence-electron chi connectivity index (χ0n) is 16.7. The van der Waals surface area contributed by atoms with Crippen LogP contribution in [-0.4, -0.2) is 46.7 Å². The maximum absolute atomic E-state index is 12.8. The van der Waals surface area contributed by atoms with Gasteiger partial charge in [-0.1, -0.05) is 36.4 Å². The van der Waals surface area contributed by atoms with Crippen molar-refractivity contribution >= 4 is 29.0 Å².